The number of aryl methyl sites for hydroxylation is 1. The van der Waals surface area contributed by atoms with Crippen molar-refractivity contribution in [2.75, 3.05) is 13.1 Å². The Bertz CT molecular complexity index is 444. The van der Waals surface area contributed by atoms with Crippen molar-refractivity contribution in [1.29, 1.82) is 0 Å². The number of hydrogen-bond donors (Lipinski definition) is 1. The number of nitrogens with one attached hydrogen (secondary N) is 1. The summed E-state index contributed by atoms with van der Waals surface area (Å²) in [6.45, 7) is 2.89. The number of halogens is 1. The van der Waals surface area contributed by atoms with Crippen molar-refractivity contribution in [1.82, 2.24) is 15.0 Å². The van der Waals surface area contributed by atoms with Gasteiger partial charge in [0, 0.05) is 24.5 Å². The smallest absolute Gasteiger partial charge is 0.216 e. The first-order valence-electron chi connectivity index (χ1n) is 5.52. The van der Waals surface area contributed by atoms with E-state index in [4.69, 9.17) is 0 Å². The number of carboxylic acid groups (broad SMARTS) is 1. The molecule has 17 heavy (non-hydrogen) atoms. The Hall–Kier alpha value is -1.69. The summed E-state index contributed by atoms with van der Waals surface area (Å²) in [7, 11) is 0. The third-order valence-electron chi connectivity index (χ3n) is 3.13. The van der Waals surface area contributed by atoms with Crippen molar-refractivity contribution in [2.45, 2.75) is 19.8 Å². The van der Waals surface area contributed by atoms with Crippen molar-refractivity contribution >= 4 is 11.8 Å². The molecule has 0 bridgehead atoms. The van der Waals surface area contributed by atoms with Crippen LogP contribution in [0.25, 0.3) is 0 Å². The number of quaternary nitrogens is 1. The van der Waals surface area contributed by atoms with Gasteiger partial charge >= 0.3 is 0 Å². The number of carbonyl (C=O) groups is 1. The maximum Gasteiger partial charge on any atom is 0.216 e. The zero-order chi connectivity index (χ0) is 12.5. The minimum atomic E-state index is -1.33. The molecule has 0 aromatic carbocycles. The van der Waals surface area contributed by atoms with E-state index >= 15 is 0 Å². The van der Waals surface area contributed by atoms with Crippen LogP contribution in [-0.4, -0.2) is 24.2 Å². The van der Waals surface area contributed by atoms with E-state index in [-0.39, 0.29) is 4.59 Å². The van der Waals surface area contributed by atoms with E-state index in [9.17, 15) is 14.3 Å². The number of rotatable bonds is 2. The number of amides is 1. The monoisotopic (exact) mass is 239 g/mol. The van der Waals surface area contributed by atoms with Gasteiger partial charge in [-0.05, 0) is 6.92 Å². The largest absolute Gasteiger partial charge is 0.526 e. The Kier molecular flexibility index (Phi) is 2.97. The van der Waals surface area contributed by atoms with Crippen LogP contribution >= 0.6 is 0 Å². The Morgan fingerprint density at radius 3 is 2.71 bits per heavy atom. The highest BCUT2D eigenvalue weighted by atomic mass is 19.1. The van der Waals surface area contributed by atoms with Crippen molar-refractivity contribution in [3.63, 3.8) is 0 Å². The molecule has 1 N–H and O–H groups in total. The summed E-state index contributed by atoms with van der Waals surface area (Å²) in [5.41, 5.74) is 3.47. The number of carbonyl (C=O) groups excluding carboxylic acids is 1. The van der Waals surface area contributed by atoms with Crippen LogP contribution < -0.4 is 15.1 Å². The molecule has 6 heteroatoms. The first-order valence-corrected chi connectivity index (χ1v) is 5.52. The van der Waals surface area contributed by atoms with Gasteiger partial charge in [0.1, 0.15) is 13.1 Å². The highest BCUT2D eigenvalue weighted by Gasteiger charge is 2.36. The van der Waals surface area contributed by atoms with Crippen LogP contribution in [0.3, 0.4) is 0 Å². The molecule has 0 unspecified atom stereocenters. The van der Waals surface area contributed by atoms with E-state index in [1.54, 1.807) is 13.0 Å². The van der Waals surface area contributed by atoms with E-state index < -0.39 is 12.0 Å². The van der Waals surface area contributed by atoms with E-state index in [1.165, 1.54) is 6.20 Å². The lowest BCUT2D eigenvalue weighted by Crippen LogP contribution is -2.63. The molecule has 1 fully saturated rings. The first-order chi connectivity index (χ1) is 8.03. The molecule has 5 nitrogen and oxygen atoms in total. The van der Waals surface area contributed by atoms with Gasteiger partial charge in [0.05, 0.1) is 6.20 Å². The highest BCUT2D eigenvalue weighted by molar-refractivity contribution is 5.64. The number of aromatic nitrogens is 1. The number of pyridine rings is 1. The summed E-state index contributed by atoms with van der Waals surface area (Å²) in [4.78, 5) is 14.4. The highest BCUT2D eigenvalue weighted by Crippen LogP contribution is 2.27. The van der Waals surface area contributed by atoms with Crippen molar-refractivity contribution in [3.05, 3.63) is 23.8 Å². The fraction of sp³-hybridized carbons (Fsp3) is 0.455. The van der Waals surface area contributed by atoms with Crippen LogP contribution in [0.4, 0.5) is 14.9 Å². The van der Waals surface area contributed by atoms with Gasteiger partial charge in [-0.3, -0.25) is 0 Å². The van der Waals surface area contributed by atoms with Crippen molar-refractivity contribution in [3.8, 4) is 0 Å². The summed E-state index contributed by atoms with van der Waals surface area (Å²) < 4.78 is 13.2. The maximum atomic E-state index is 13.1. The molecule has 0 aliphatic carbocycles. The molecule has 1 aliphatic heterocycles. The minimum absolute atomic E-state index is 0.0798. The summed E-state index contributed by atoms with van der Waals surface area (Å²) >= 11 is 0. The third-order valence-corrected chi connectivity index (χ3v) is 3.13. The molecule has 1 aromatic rings. The lowest BCUT2D eigenvalue weighted by atomic mass is 10.2. The molecule has 1 saturated heterocycles. The minimum Gasteiger partial charge on any atom is -0.526 e. The van der Waals surface area contributed by atoms with Crippen LogP contribution in [-0.2, 0) is 0 Å². The second-order valence-corrected chi connectivity index (χ2v) is 4.32. The average Bonchev–Trinajstić information content (AvgIpc) is 2.70. The molecule has 0 atom stereocenters. The number of hydrogen-bond acceptors (Lipinski definition) is 3. The van der Waals surface area contributed by atoms with Crippen molar-refractivity contribution in [2.24, 2.45) is 0 Å². The van der Waals surface area contributed by atoms with Gasteiger partial charge < -0.3 is 9.90 Å². The van der Waals surface area contributed by atoms with Gasteiger partial charge in [-0.2, -0.15) is 8.98 Å². The van der Waals surface area contributed by atoms with Crippen LogP contribution in [0.1, 0.15) is 18.4 Å². The number of nitrogens with zero attached hydrogens (tertiary/aromatic N) is 2. The normalized spacial score (nSPS) is 18.0. The lowest BCUT2D eigenvalue weighted by Gasteiger charge is -2.33. The van der Waals surface area contributed by atoms with Gasteiger partial charge in [0.15, 0.2) is 11.8 Å². The molecule has 0 radical (unpaired) electrons. The topological polar surface area (TPSA) is 65.0 Å². The molecule has 0 spiro atoms. The van der Waals surface area contributed by atoms with Crippen LogP contribution in [0, 0.1) is 12.9 Å². The van der Waals surface area contributed by atoms with Crippen LogP contribution in [0.2, 0.25) is 0 Å². The molecule has 1 amide bonds. The molecule has 1 aliphatic rings. The molecule has 1 aromatic heterocycles. The second-order valence-electron chi connectivity index (χ2n) is 4.32. The maximum absolute atomic E-state index is 13.1. The van der Waals surface area contributed by atoms with Crippen LogP contribution in [0.5, 0.6) is 0 Å². The SMILES string of the molecule is Cc1cc([N+]2(NC(=O)[O-])CCCC2)cnc1F. The first kappa shape index (κ1) is 11.8. The quantitative estimate of drug-likeness (QED) is 0.603. The molecule has 92 valence electrons. The Morgan fingerprint density at radius 2 is 2.18 bits per heavy atom. The molecule has 2 rings (SSSR count). The standard InChI is InChI=1S/C11H14FN3O2/c1-8-6-9(7-13-10(8)12)15(14-11(16)17)4-2-3-5-15/h6-7,14H,2-5H2,1H3. The summed E-state index contributed by atoms with van der Waals surface area (Å²) in [5.74, 6) is -0.528. The van der Waals surface area contributed by atoms with Gasteiger partial charge in [-0.25, -0.2) is 10.4 Å². The third kappa shape index (κ3) is 2.21. The van der Waals surface area contributed by atoms with E-state index in [2.05, 4.69) is 10.4 Å². The zero-order valence-electron chi connectivity index (χ0n) is 9.57. The Labute approximate surface area is 98.4 Å². The van der Waals surface area contributed by atoms with E-state index in [0.29, 0.717) is 24.3 Å². The molecule has 2 heterocycles. The summed E-state index contributed by atoms with van der Waals surface area (Å²) in [5, 5.41) is 10.8. The fourth-order valence-corrected chi connectivity index (χ4v) is 2.26. The van der Waals surface area contributed by atoms with Gasteiger partial charge in [0.25, 0.3) is 0 Å². The van der Waals surface area contributed by atoms with Gasteiger partial charge in [0.2, 0.25) is 5.95 Å². The predicted molar refractivity (Wildman–Crippen MR) is 58.2 cm³/mol. The molecular formula is C11H14FN3O2. The lowest BCUT2D eigenvalue weighted by molar-refractivity contribution is -0.255. The zero-order valence-corrected chi connectivity index (χ0v) is 9.57. The average molecular weight is 239 g/mol. The van der Waals surface area contributed by atoms with Crippen molar-refractivity contribution < 1.29 is 14.3 Å². The Balaban J connectivity index is 2.38. The fourth-order valence-electron chi connectivity index (χ4n) is 2.26. The van der Waals surface area contributed by atoms with Gasteiger partial charge in [-0.1, -0.05) is 0 Å². The predicted octanol–water partition coefficient (Wildman–Crippen LogP) is 0.478. The van der Waals surface area contributed by atoms with Crippen LogP contribution in [0.15, 0.2) is 12.3 Å². The molecule has 0 saturated carbocycles. The summed E-state index contributed by atoms with van der Waals surface area (Å²) in [6.07, 6.45) is 1.88. The molecular weight excluding hydrogens is 225 g/mol. The second kappa shape index (κ2) is 4.29. The summed E-state index contributed by atoms with van der Waals surface area (Å²) in [6, 6.07) is 1.63. The van der Waals surface area contributed by atoms with Gasteiger partial charge in [-0.15, -0.1) is 0 Å². The Morgan fingerprint density at radius 1 is 1.53 bits per heavy atom. The van der Waals surface area contributed by atoms with E-state index in [1.807, 2.05) is 0 Å². The van der Waals surface area contributed by atoms with E-state index in [0.717, 1.165) is 12.8 Å².